The average molecular weight is 351 g/mol. The van der Waals surface area contributed by atoms with Gasteiger partial charge in [-0.05, 0) is 48.5 Å². The number of benzene rings is 3. The van der Waals surface area contributed by atoms with E-state index in [0.29, 0.717) is 0 Å². The van der Waals surface area contributed by atoms with Gasteiger partial charge >= 0.3 is 0 Å². The van der Waals surface area contributed by atoms with E-state index in [1.54, 1.807) is 7.11 Å². The maximum atomic E-state index is 5.29. The van der Waals surface area contributed by atoms with Gasteiger partial charge in [-0.3, -0.25) is 0 Å². The summed E-state index contributed by atoms with van der Waals surface area (Å²) in [7, 11) is 1.67. The first kappa shape index (κ1) is 15.6. The lowest BCUT2D eigenvalue weighted by molar-refractivity contribution is 0.415. The van der Waals surface area contributed by atoms with Crippen LogP contribution in [0.1, 0.15) is 0 Å². The van der Waals surface area contributed by atoms with Crippen molar-refractivity contribution in [1.29, 1.82) is 0 Å². The van der Waals surface area contributed by atoms with Crippen molar-refractivity contribution in [2.45, 2.75) is 0 Å². The number of fused-ring (bicyclic) bond motifs is 2. The van der Waals surface area contributed by atoms with E-state index in [-0.39, 0.29) is 0 Å². The van der Waals surface area contributed by atoms with Crippen LogP contribution in [0.15, 0.2) is 84.9 Å². The van der Waals surface area contributed by atoms with E-state index < -0.39 is 0 Å². The molecule has 0 aliphatic heterocycles. The number of para-hydroxylation sites is 2. The minimum Gasteiger partial charge on any atom is -0.497 e. The third-order valence-electron chi connectivity index (χ3n) is 4.72. The number of hydrogen-bond acceptors (Lipinski definition) is 3. The molecule has 130 valence electrons. The molecular formula is C23H17N3O. The molecule has 0 saturated heterocycles. The highest BCUT2D eigenvalue weighted by Crippen LogP contribution is 2.32. The summed E-state index contributed by atoms with van der Waals surface area (Å²) in [4.78, 5) is 4.91. The summed E-state index contributed by atoms with van der Waals surface area (Å²) in [6.45, 7) is 0. The number of ether oxygens (including phenoxy) is 1. The van der Waals surface area contributed by atoms with Crippen molar-refractivity contribution in [3.8, 4) is 22.7 Å². The molecule has 0 bridgehead atoms. The number of nitrogens with zero attached hydrogens (tertiary/aromatic N) is 3. The molecule has 2 aromatic heterocycles. The van der Waals surface area contributed by atoms with Crippen molar-refractivity contribution >= 4 is 21.9 Å². The van der Waals surface area contributed by atoms with Gasteiger partial charge in [0.25, 0.3) is 0 Å². The molecule has 5 rings (SSSR count). The standard InChI is InChI=1S/C23H17N3O/c1-27-19-13-11-16(12-14-19)22-20-15-17-7-5-6-10-21(17)24-23(20)26(25-22)18-8-3-2-4-9-18/h2-15H,1H3. The molecule has 0 radical (unpaired) electrons. The smallest absolute Gasteiger partial charge is 0.164 e. The summed E-state index contributed by atoms with van der Waals surface area (Å²) in [6, 6.07) is 28.4. The number of rotatable bonds is 3. The highest BCUT2D eigenvalue weighted by Gasteiger charge is 2.16. The molecular weight excluding hydrogens is 334 g/mol. The number of aromatic nitrogens is 3. The van der Waals surface area contributed by atoms with Crippen LogP contribution in [0, 0.1) is 0 Å². The topological polar surface area (TPSA) is 39.9 Å². The Morgan fingerprint density at radius 3 is 2.33 bits per heavy atom. The summed E-state index contributed by atoms with van der Waals surface area (Å²) in [5, 5.41) is 7.06. The molecule has 0 saturated carbocycles. The summed E-state index contributed by atoms with van der Waals surface area (Å²) in [5.74, 6) is 0.828. The Bertz CT molecular complexity index is 1240. The third kappa shape index (κ3) is 2.62. The van der Waals surface area contributed by atoms with Crippen molar-refractivity contribution in [3.63, 3.8) is 0 Å². The molecule has 0 unspecified atom stereocenters. The van der Waals surface area contributed by atoms with Gasteiger partial charge in [0.05, 0.1) is 18.3 Å². The quantitative estimate of drug-likeness (QED) is 0.446. The lowest BCUT2D eigenvalue weighted by Gasteiger charge is -2.03. The van der Waals surface area contributed by atoms with E-state index in [1.165, 1.54) is 0 Å². The highest BCUT2D eigenvalue weighted by molar-refractivity contribution is 5.99. The predicted molar refractivity (Wildman–Crippen MR) is 108 cm³/mol. The van der Waals surface area contributed by atoms with Crippen LogP contribution in [0.4, 0.5) is 0 Å². The van der Waals surface area contributed by atoms with Crippen LogP contribution >= 0.6 is 0 Å². The van der Waals surface area contributed by atoms with Gasteiger partial charge < -0.3 is 4.74 Å². The van der Waals surface area contributed by atoms with E-state index in [0.717, 1.165) is 44.6 Å². The second-order valence-electron chi connectivity index (χ2n) is 6.38. The van der Waals surface area contributed by atoms with Crippen molar-refractivity contribution in [2.24, 2.45) is 0 Å². The third-order valence-corrected chi connectivity index (χ3v) is 4.72. The van der Waals surface area contributed by atoms with Crippen molar-refractivity contribution in [3.05, 3.63) is 84.9 Å². The van der Waals surface area contributed by atoms with Gasteiger partial charge in [0.15, 0.2) is 5.65 Å². The Morgan fingerprint density at radius 2 is 1.56 bits per heavy atom. The van der Waals surface area contributed by atoms with Gasteiger partial charge in [-0.1, -0.05) is 36.4 Å². The summed E-state index contributed by atoms with van der Waals surface area (Å²) >= 11 is 0. The molecule has 0 amide bonds. The van der Waals surface area contributed by atoms with Crippen LogP contribution in [0.25, 0.3) is 38.9 Å². The number of methoxy groups -OCH3 is 1. The normalized spacial score (nSPS) is 11.1. The lowest BCUT2D eigenvalue weighted by atomic mass is 10.1. The van der Waals surface area contributed by atoms with Gasteiger partial charge in [-0.25, -0.2) is 9.67 Å². The molecule has 0 fully saturated rings. The zero-order valence-corrected chi connectivity index (χ0v) is 14.8. The van der Waals surface area contributed by atoms with Crippen LogP contribution in [-0.2, 0) is 0 Å². The predicted octanol–water partition coefficient (Wildman–Crippen LogP) is 5.25. The van der Waals surface area contributed by atoms with Gasteiger partial charge in [0.1, 0.15) is 11.4 Å². The fraction of sp³-hybridized carbons (Fsp3) is 0.0435. The fourth-order valence-corrected chi connectivity index (χ4v) is 3.35. The SMILES string of the molecule is COc1ccc(-c2nn(-c3ccccc3)c3nc4ccccc4cc23)cc1. The molecule has 0 aliphatic rings. The van der Waals surface area contributed by atoms with Crippen LogP contribution in [0.5, 0.6) is 5.75 Å². The van der Waals surface area contributed by atoms with Crippen LogP contribution < -0.4 is 4.74 Å². The van der Waals surface area contributed by atoms with E-state index >= 15 is 0 Å². The van der Waals surface area contributed by atoms with Crippen LogP contribution in [0.3, 0.4) is 0 Å². The first-order chi connectivity index (χ1) is 13.3. The number of hydrogen-bond donors (Lipinski definition) is 0. The van der Waals surface area contributed by atoms with E-state index in [4.69, 9.17) is 14.8 Å². The maximum absolute atomic E-state index is 5.29. The second kappa shape index (κ2) is 6.25. The Morgan fingerprint density at radius 1 is 0.815 bits per heavy atom. The van der Waals surface area contributed by atoms with E-state index in [9.17, 15) is 0 Å². The van der Waals surface area contributed by atoms with E-state index in [2.05, 4.69) is 12.1 Å². The van der Waals surface area contributed by atoms with Crippen molar-refractivity contribution in [1.82, 2.24) is 14.8 Å². The van der Waals surface area contributed by atoms with Crippen LogP contribution in [0.2, 0.25) is 0 Å². The average Bonchev–Trinajstić information content (AvgIpc) is 3.11. The zero-order chi connectivity index (χ0) is 18.2. The molecule has 5 aromatic rings. The first-order valence-corrected chi connectivity index (χ1v) is 8.82. The minimum absolute atomic E-state index is 0.828. The summed E-state index contributed by atoms with van der Waals surface area (Å²) < 4.78 is 7.20. The largest absolute Gasteiger partial charge is 0.497 e. The monoisotopic (exact) mass is 351 g/mol. The molecule has 2 heterocycles. The summed E-state index contributed by atoms with van der Waals surface area (Å²) in [6.07, 6.45) is 0. The van der Waals surface area contributed by atoms with Crippen molar-refractivity contribution in [2.75, 3.05) is 7.11 Å². The van der Waals surface area contributed by atoms with Gasteiger partial charge in [0.2, 0.25) is 0 Å². The minimum atomic E-state index is 0.828. The van der Waals surface area contributed by atoms with Crippen LogP contribution in [-0.4, -0.2) is 21.9 Å². The zero-order valence-electron chi connectivity index (χ0n) is 14.8. The molecule has 27 heavy (non-hydrogen) atoms. The Labute approximate surface area is 156 Å². The van der Waals surface area contributed by atoms with E-state index in [1.807, 2.05) is 77.5 Å². The molecule has 3 aromatic carbocycles. The van der Waals surface area contributed by atoms with Gasteiger partial charge in [0, 0.05) is 16.3 Å². The van der Waals surface area contributed by atoms with Crippen molar-refractivity contribution < 1.29 is 4.74 Å². The molecule has 0 aliphatic carbocycles. The van der Waals surface area contributed by atoms with Gasteiger partial charge in [-0.15, -0.1) is 0 Å². The first-order valence-electron chi connectivity index (χ1n) is 8.82. The lowest BCUT2D eigenvalue weighted by Crippen LogP contribution is -1.97. The summed E-state index contributed by atoms with van der Waals surface area (Å²) in [5.41, 5.74) is 4.75. The molecule has 4 nitrogen and oxygen atoms in total. The Kier molecular flexibility index (Phi) is 3.61. The number of pyridine rings is 1. The molecule has 0 spiro atoms. The molecule has 0 N–H and O–H groups in total. The Balaban J connectivity index is 1.82. The molecule has 4 heteroatoms. The Hall–Kier alpha value is -3.66. The highest BCUT2D eigenvalue weighted by atomic mass is 16.5. The fourth-order valence-electron chi connectivity index (χ4n) is 3.35. The molecule has 0 atom stereocenters. The van der Waals surface area contributed by atoms with Gasteiger partial charge in [-0.2, -0.15) is 5.10 Å². The maximum Gasteiger partial charge on any atom is 0.164 e. The second-order valence-corrected chi connectivity index (χ2v) is 6.38.